The van der Waals surface area contributed by atoms with Gasteiger partial charge < -0.3 is 4.74 Å². The van der Waals surface area contributed by atoms with E-state index in [-0.39, 0.29) is 0 Å². The molecule has 22 heavy (non-hydrogen) atoms. The first-order chi connectivity index (χ1) is 10.7. The maximum Gasteiger partial charge on any atom is 0.119 e. The van der Waals surface area contributed by atoms with Gasteiger partial charge in [-0.15, -0.1) is 0 Å². The summed E-state index contributed by atoms with van der Waals surface area (Å²) in [7, 11) is 0. The molecular formula is C20H33BrO. The zero-order valence-corrected chi connectivity index (χ0v) is 16.0. The summed E-state index contributed by atoms with van der Waals surface area (Å²) >= 11 is 3.44. The van der Waals surface area contributed by atoms with Gasteiger partial charge in [0.25, 0.3) is 0 Å². The van der Waals surface area contributed by atoms with E-state index in [1.54, 1.807) is 0 Å². The van der Waals surface area contributed by atoms with Crippen LogP contribution in [-0.2, 0) is 0 Å². The topological polar surface area (TPSA) is 9.23 Å². The SMILES string of the molecule is CCCCCCCCC(C)CCCCOc1ccc(Br)cc1. The third kappa shape index (κ3) is 10.3. The molecule has 0 saturated carbocycles. The van der Waals surface area contributed by atoms with E-state index in [0.717, 1.165) is 29.2 Å². The third-order valence-electron chi connectivity index (χ3n) is 4.22. The van der Waals surface area contributed by atoms with E-state index < -0.39 is 0 Å². The highest BCUT2D eigenvalue weighted by molar-refractivity contribution is 9.10. The zero-order chi connectivity index (χ0) is 16.0. The molecule has 0 aliphatic heterocycles. The fourth-order valence-corrected chi connectivity index (χ4v) is 3.00. The maximum absolute atomic E-state index is 5.76. The summed E-state index contributed by atoms with van der Waals surface area (Å²) in [5.74, 6) is 1.85. The van der Waals surface area contributed by atoms with E-state index in [2.05, 4.69) is 29.8 Å². The Hall–Kier alpha value is -0.500. The van der Waals surface area contributed by atoms with Crippen molar-refractivity contribution in [2.24, 2.45) is 5.92 Å². The molecule has 1 aromatic rings. The number of ether oxygens (including phenoxy) is 1. The Labute approximate surface area is 146 Å². The lowest BCUT2D eigenvalue weighted by Crippen LogP contribution is -2.00. The van der Waals surface area contributed by atoms with Crippen LogP contribution in [0.4, 0.5) is 0 Å². The van der Waals surface area contributed by atoms with E-state index in [9.17, 15) is 0 Å². The second-order valence-electron chi connectivity index (χ2n) is 6.46. The monoisotopic (exact) mass is 368 g/mol. The van der Waals surface area contributed by atoms with Gasteiger partial charge in [-0.1, -0.05) is 81.1 Å². The van der Waals surface area contributed by atoms with Crippen LogP contribution in [0.5, 0.6) is 5.75 Å². The molecule has 1 atom stereocenters. The van der Waals surface area contributed by atoms with Gasteiger partial charge in [0, 0.05) is 4.47 Å². The summed E-state index contributed by atoms with van der Waals surface area (Å²) in [6.45, 7) is 5.52. The summed E-state index contributed by atoms with van der Waals surface area (Å²) < 4.78 is 6.86. The van der Waals surface area contributed by atoms with Crippen LogP contribution in [0.1, 0.15) is 78.1 Å². The summed E-state index contributed by atoms with van der Waals surface area (Å²) in [5, 5.41) is 0. The van der Waals surface area contributed by atoms with Crippen molar-refractivity contribution >= 4 is 15.9 Å². The molecule has 0 heterocycles. The maximum atomic E-state index is 5.76. The molecular weight excluding hydrogens is 336 g/mol. The quantitative estimate of drug-likeness (QED) is 0.330. The average molecular weight is 369 g/mol. The number of rotatable bonds is 13. The molecule has 1 aromatic carbocycles. The second-order valence-corrected chi connectivity index (χ2v) is 7.38. The third-order valence-corrected chi connectivity index (χ3v) is 4.75. The van der Waals surface area contributed by atoms with Crippen LogP contribution < -0.4 is 4.74 Å². The predicted molar refractivity (Wildman–Crippen MR) is 101 cm³/mol. The summed E-state index contributed by atoms with van der Waals surface area (Å²) in [4.78, 5) is 0. The van der Waals surface area contributed by atoms with Crippen molar-refractivity contribution in [3.05, 3.63) is 28.7 Å². The van der Waals surface area contributed by atoms with Crippen LogP contribution in [0.15, 0.2) is 28.7 Å². The van der Waals surface area contributed by atoms with Crippen LogP contribution >= 0.6 is 15.9 Å². The molecule has 0 radical (unpaired) electrons. The summed E-state index contributed by atoms with van der Waals surface area (Å²) in [6, 6.07) is 8.09. The summed E-state index contributed by atoms with van der Waals surface area (Å²) in [5.41, 5.74) is 0. The molecule has 1 rings (SSSR count). The second kappa shape index (κ2) is 13.0. The highest BCUT2D eigenvalue weighted by atomic mass is 79.9. The Kier molecular flexibility index (Phi) is 11.5. The van der Waals surface area contributed by atoms with Crippen LogP contribution in [0.2, 0.25) is 0 Å². The van der Waals surface area contributed by atoms with E-state index in [1.165, 1.54) is 57.8 Å². The fraction of sp³-hybridized carbons (Fsp3) is 0.700. The molecule has 0 bridgehead atoms. The molecule has 0 N–H and O–H groups in total. The first-order valence-corrected chi connectivity index (χ1v) is 9.90. The smallest absolute Gasteiger partial charge is 0.119 e. The molecule has 0 aliphatic rings. The Bertz CT molecular complexity index is 360. The molecule has 0 fully saturated rings. The van der Waals surface area contributed by atoms with Crippen molar-refractivity contribution in [2.45, 2.75) is 78.1 Å². The first kappa shape index (κ1) is 19.5. The minimum Gasteiger partial charge on any atom is -0.494 e. The Morgan fingerprint density at radius 3 is 2.14 bits per heavy atom. The van der Waals surface area contributed by atoms with Gasteiger partial charge in [-0.2, -0.15) is 0 Å². The Morgan fingerprint density at radius 1 is 0.864 bits per heavy atom. The van der Waals surface area contributed by atoms with Crippen molar-refractivity contribution in [1.82, 2.24) is 0 Å². The van der Waals surface area contributed by atoms with Gasteiger partial charge in [-0.3, -0.25) is 0 Å². The number of benzene rings is 1. The molecule has 126 valence electrons. The number of unbranched alkanes of at least 4 members (excludes halogenated alkanes) is 6. The van der Waals surface area contributed by atoms with Crippen molar-refractivity contribution in [3.8, 4) is 5.75 Å². The van der Waals surface area contributed by atoms with Gasteiger partial charge in [0.15, 0.2) is 0 Å². The van der Waals surface area contributed by atoms with Crippen molar-refractivity contribution in [2.75, 3.05) is 6.61 Å². The fourth-order valence-electron chi connectivity index (χ4n) is 2.73. The van der Waals surface area contributed by atoms with E-state index >= 15 is 0 Å². The van der Waals surface area contributed by atoms with Crippen LogP contribution in [0, 0.1) is 5.92 Å². The molecule has 0 aliphatic carbocycles. The largest absolute Gasteiger partial charge is 0.494 e. The molecule has 0 saturated heterocycles. The number of halogens is 1. The molecule has 0 spiro atoms. The average Bonchev–Trinajstić information content (AvgIpc) is 2.52. The van der Waals surface area contributed by atoms with Gasteiger partial charge in [-0.25, -0.2) is 0 Å². The lowest BCUT2D eigenvalue weighted by Gasteiger charge is -2.11. The minimum atomic E-state index is 0.839. The standard InChI is InChI=1S/C20H33BrO/c1-3-4-5-6-7-8-11-18(2)12-9-10-17-22-20-15-13-19(21)14-16-20/h13-16,18H,3-12,17H2,1-2H3. The van der Waals surface area contributed by atoms with Gasteiger partial charge in [0.05, 0.1) is 6.61 Å². The van der Waals surface area contributed by atoms with Crippen LogP contribution in [-0.4, -0.2) is 6.61 Å². The van der Waals surface area contributed by atoms with Crippen molar-refractivity contribution in [1.29, 1.82) is 0 Å². The van der Waals surface area contributed by atoms with Crippen molar-refractivity contribution < 1.29 is 4.74 Å². The number of hydrogen-bond donors (Lipinski definition) is 0. The first-order valence-electron chi connectivity index (χ1n) is 9.10. The minimum absolute atomic E-state index is 0.839. The molecule has 1 unspecified atom stereocenters. The molecule has 0 amide bonds. The van der Waals surface area contributed by atoms with Gasteiger partial charge in [0.1, 0.15) is 5.75 Å². The van der Waals surface area contributed by atoms with E-state index in [1.807, 2.05) is 24.3 Å². The van der Waals surface area contributed by atoms with Gasteiger partial charge >= 0.3 is 0 Å². The van der Waals surface area contributed by atoms with Crippen LogP contribution in [0.25, 0.3) is 0 Å². The highest BCUT2D eigenvalue weighted by Crippen LogP contribution is 2.18. The van der Waals surface area contributed by atoms with Gasteiger partial charge in [-0.05, 0) is 43.0 Å². The molecule has 0 aromatic heterocycles. The van der Waals surface area contributed by atoms with Gasteiger partial charge in [0.2, 0.25) is 0 Å². The Balaban J connectivity index is 1.92. The normalized spacial score (nSPS) is 12.3. The van der Waals surface area contributed by atoms with Crippen molar-refractivity contribution in [3.63, 3.8) is 0 Å². The van der Waals surface area contributed by atoms with Crippen LogP contribution in [0.3, 0.4) is 0 Å². The summed E-state index contributed by atoms with van der Waals surface area (Å²) in [6.07, 6.45) is 13.7. The highest BCUT2D eigenvalue weighted by Gasteiger charge is 2.02. The molecule has 2 heteroatoms. The zero-order valence-electron chi connectivity index (χ0n) is 14.5. The lowest BCUT2D eigenvalue weighted by molar-refractivity contribution is 0.298. The van der Waals surface area contributed by atoms with E-state index in [0.29, 0.717) is 0 Å². The predicted octanol–water partition coefficient (Wildman–Crippen LogP) is 7.38. The lowest BCUT2D eigenvalue weighted by atomic mass is 9.97. The van der Waals surface area contributed by atoms with E-state index in [4.69, 9.17) is 4.74 Å². The Morgan fingerprint density at radius 2 is 1.45 bits per heavy atom. The number of hydrogen-bond acceptors (Lipinski definition) is 1. The molecule has 1 nitrogen and oxygen atoms in total.